The fourth-order valence-electron chi connectivity index (χ4n) is 3.59. The maximum absolute atomic E-state index is 12.8. The molecule has 1 saturated heterocycles. The number of para-hydroxylation sites is 1. The summed E-state index contributed by atoms with van der Waals surface area (Å²) >= 11 is 0. The molecule has 5 nitrogen and oxygen atoms in total. The van der Waals surface area contributed by atoms with E-state index in [4.69, 9.17) is 0 Å². The Hall–Kier alpha value is -2.40. The van der Waals surface area contributed by atoms with Gasteiger partial charge < -0.3 is 10.2 Å². The first-order chi connectivity index (χ1) is 12.6. The minimum absolute atomic E-state index is 0.0582. The standard InChI is InChI=1S/C21H28N4O/c1-16(2)18-8-4-5-9-19(18)23-21(26)17(3)24-12-14-25(15-13-24)20-10-6-7-11-22-20/h4-11,16-17H,12-15H2,1-3H3,(H,23,26)/p+2/t17-/m0/s1. The van der Waals surface area contributed by atoms with Gasteiger partial charge in [-0.2, -0.15) is 0 Å². The molecule has 1 amide bonds. The molecule has 1 aromatic heterocycles. The van der Waals surface area contributed by atoms with E-state index in [1.807, 2.05) is 43.5 Å². The molecule has 26 heavy (non-hydrogen) atoms. The maximum atomic E-state index is 12.8. The Bertz CT molecular complexity index is 724. The van der Waals surface area contributed by atoms with E-state index in [1.165, 1.54) is 10.5 Å². The predicted octanol–water partition coefficient (Wildman–Crippen LogP) is 1.36. The number of quaternary nitrogens is 1. The highest BCUT2D eigenvalue weighted by Gasteiger charge is 2.32. The first-order valence-electron chi connectivity index (χ1n) is 9.52. The Morgan fingerprint density at radius 1 is 1.08 bits per heavy atom. The molecule has 2 aromatic rings. The normalized spacial score (nSPS) is 16.5. The van der Waals surface area contributed by atoms with Crippen molar-refractivity contribution >= 4 is 17.4 Å². The molecule has 1 atom stereocenters. The molecule has 1 aliphatic heterocycles. The van der Waals surface area contributed by atoms with Crippen molar-refractivity contribution in [2.75, 3.05) is 36.4 Å². The molecule has 3 rings (SSSR count). The van der Waals surface area contributed by atoms with Crippen LogP contribution in [0.1, 0.15) is 32.3 Å². The number of rotatable bonds is 5. The summed E-state index contributed by atoms with van der Waals surface area (Å²) in [4.78, 5) is 19.8. The van der Waals surface area contributed by atoms with Gasteiger partial charge in [0.2, 0.25) is 0 Å². The Kier molecular flexibility index (Phi) is 5.89. The number of piperazine rings is 1. The summed E-state index contributed by atoms with van der Waals surface area (Å²) < 4.78 is 0. The van der Waals surface area contributed by atoms with Gasteiger partial charge in [0.1, 0.15) is 26.2 Å². The van der Waals surface area contributed by atoms with Gasteiger partial charge in [-0.3, -0.25) is 9.69 Å². The quantitative estimate of drug-likeness (QED) is 0.852. The van der Waals surface area contributed by atoms with Crippen molar-refractivity contribution in [2.45, 2.75) is 32.7 Å². The molecular formula is C21H30N4O+2. The summed E-state index contributed by atoms with van der Waals surface area (Å²) in [5, 5.41) is 3.15. The third-order valence-electron chi connectivity index (χ3n) is 5.29. The van der Waals surface area contributed by atoms with Crippen LogP contribution in [0.2, 0.25) is 0 Å². The Morgan fingerprint density at radius 3 is 2.42 bits per heavy atom. The molecule has 1 aliphatic rings. The van der Waals surface area contributed by atoms with Crippen LogP contribution in [0.3, 0.4) is 0 Å². The number of carbonyl (C=O) groups is 1. The SMILES string of the molecule is CC(C)c1ccccc1NC(=O)[C@H](C)[NH+]1CCN(c2cccc[nH+]2)CC1. The van der Waals surface area contributed by atoms with Crippen LogP contribution in [0.15, 0.2) is 48.7 Å². The number of benzene rings is 1. The summed E-state index contributed by atoms with van der Waals surface area (Å²) in [7, 11) is 0. The predicted molar refractivity (Wildman–Crippen MR) is 105 cm³/mol. The summed E-state index contributed by atoms with van der Waals surface area (Å²) in [5.41, 5.74) is 2.13. The van der Waals surface area contributed by atoms with Crippen molar-refractivity contribution in [3.63, 3.8) is 0 Å². The van der Waals surface area contributed by atoms with Gasteiger partial charge in [-0.25, -0.2) is 4.98 Å². The number of aromatic amines is 1. The van der Waals surface area contributed by atoms with Crippen molar-refractivity contribution in [2.24, 2.45) is 0 Å². The molecule has 138 valence electrons. The number of pyridine rings is 1. The molecule has 0 bridgehead atoms. The van der Waals surface area contributed by atoms with Crippen molar-refractivity contribution < 1.29 is 14.7 Å². The fourth-order valence-corrected chi connectivity index (χ4v) is 3.59. The number of hydrogen-bond acceptors (Lipinski definition) is 2. The van der Waals surface area contributed by atoms with Crippen LogP contribution < -0.4 is 20.1 Å². The van der Waals surface area contributed by atoms with Crippen molar-refractivity contribution in [3.8, 4) is 0 Å². The maximum Gasteiger partial charge on any atom is 0.282 e. The zero-order chi connectivity index (χ0) is 18.5. The number of nitrogens with zero attached hydrogens (tertiary/aromatic N) is 1. The second-order valence-electron chi connectivity index (χ2n) is 7.35. The Labute approximate surface area is 156 Å². The lowest BCUT2D eigenvalue weighted by Gasteiger charge is -2.31. The molecule has 0 unspecified atom stereocenters. The Morgan fingerprint density at radius 2 is 1.77 bits per heavy atom. The molecule has 0 saturated carbocycles. The van der Waals surface area contributed by atoms with E-state index in [9.17, 15) is 4.79 Å². The summed E-state index contributed by atoms with van der Waals surface area (Å²) in [6.07, 6.45) is 1.96. The first-order valence-corrected chi connectivity index (χ1v) is 9.52. The minimum Gasteiger partial charge on any atom is -0.321 e. The molecule has 1 fully saturated rings. The number of carbonyl (C=O) groups excluding carboxylic acids is 1. The highest BCUT2D eigenvalue weighted by molar-refractivity contribution is 5.94. The molecule has 2 heterocycles. The van der Waals surface area contributed by atoms with Gasteiger partial charge >= 0.3 is 0 Å². The van der Waals surface area contributed by atoms with Crippen LogP contribution in [0.5, 0.6) is 0 Å². The van der Waals surface area contributed by atoms with Crippen molar-refractivity contribution in [1.29, 1.82) is 0 Å². The van der Waals surface area contributed by atoms with Crippen LogP contribution in [0.4, 0.5) is 11.5 Å². The van der Waals surface area contributed by atoms with Crippen LogP contribution in [-0.2, 0) is 4.79 Å². The monoisotopic (exact) mass is 354 g/mol. The summed E-state index contributed by atoms with van der Waals surface area (Å²) in [6, 6.07) is 14.2. The van der Waals surface area contributed by atoms with Crippen LogP contribution >= 0.6 is 0 Å². The summed E-state index contributed by atoms with van der Waals surface area (Å²) in [6.45, 7) is 10.2. The molecule has 0 spiro atoms. The van der Waals surface area contributed by atoms with E-state index in [0.717, 1.165) is 37.7 Å². The number of nitrogens with one attached hydrogen (secondary N) is 3. The zero-order valence-electron chi connectivity index (χ0n) is 16.0. The van der Waals surface area contributed by atoms with Crippen LogP contribution in [0, 0.1) is 0 Å². The fraction of sp³-hybridized carbons (Fsp3) is 0.429. The van der Waals surface area contributed by atoms with Gasteiger partial charge in [-0.15, -0.1) is 0 Å². The number of anilines is 2. The lowest BCUT2D eigenvalue weighted by atomic mass is 10.0. The van der Waals surface area contributed by atoms with Crippen LogP contribution in [-0.4, -0.2) is 38.1 Å². The van der Waals surface area contributed by atoms with Gasteiger partial charge in [0.05, 0.1) is 6.20 Å². The molecule has 5 heteroatoms. The topological polar surface area (TPSA) is 50.9 Å². The smallest absolute Gasteiger partial charge is 0.282 e. The number of hydrogen-bond donors (Lipinski definition) is 2. The lowest BCUT2D eigenvalue weighted by Crippen LogP contribution is -3.19. The highest BCUT2D eigenvalue weighted by Crippen LogP contribution is 2.23. The Balaban J connectivity index is 1.58. The lowest BCUT2D eigenvalue weighted by molar-refractivity contribution is -0.914. The van der Waals surface area contributed by atoms with Crippen molar-refractivity contribution in [1.82, 2.24) is 0 Å². The van der Waals surface area contributed by atoms with Gasteiger partial charge in [0.15, 0.2) is 6.04 Å². The average molecular weight is 354 g/mol. The molecular weight excluding hydrogens is 324 g/mol. The van der Waals surface area contributed by atoms with Crippen LogP contribution in [0.25, 0.3) is 0 Å². The van der Waals surface area contributed by atoms with E-state index in [1.54, 1.807) is 0 Å². The molecule has 1 aromatic carbocycles. The van der Waals surface area contributed by atoms with Crippen molar-refractivity contribution in [3.05, 3.63) is 54.2 Å². The van der Waals surface area contributed by atoms with E-state index >= 15 is 0 Å². The summed E-state index contributed by atoms with van der Waals surface area (Å²) in [5.74, 6) is 1.64. The van der Waals surface area contributed by atoms with Gasteiger partial charge in [0.25, 0.3) is 11.7 Å². The first kappa shape index (κ1) is 18.4. The van der Waals surface area contributed by atoms with Gasteiger partial charge in [-0.05, 0) is 30.5 Å². The van der Waals surface area contributed by atoms with E-state index in [2.05, 4.69) is 41.2 Å². The number of aromatic nitrogens is 1. The van der Waals surface area contributed by atoms with E-state index in [0.29, 0.717) is 5.92 Å². The zero-order valence-corrected chi connectivity index (χ0v) is 16.0. The third kappa shape index (κ3) is 4.22. The molecule has 3 N–H and O–H groups in total. The van der Waals surface area contributed by atoms with Gasteiger partial charge in [0, 0.05) is 11.8 Å². The highest BCUT2D eigenvalue weighted by atomic mass is 16.2. The largest absolute Gasteiger partial charge is 0.321 e. The number of amides is 1. The van der Waals surface area contributed by atoms with E-state index < -0.39 is 0 Å². The average Bonchev–Trinajstić information content (AvgIpc) is 2.68. The second kappa shape index (κ2) is 8.32. The minimum atomic E-state index is -0.0582. The second-order valence-corrected chi connectivity index (χ2v) is 7.35. The molecule has 0 radical (unpaired) electrons. The van der Waals surface area contributed by atoms with E-state index in [-0.39, 0.29) is 11.9 Å². The number of H-pyrrole nitrogens is 1. The van der Waals surface area contributed by atoms with Gasteiger partial charge in [-0.1, -0.05) is 38.1 Å². The third-order valence-corrected chi connectivity index (χ3v) is 5.29. The molecule has 0 aliphatic carbocycles.